The van der Waals surface area contributed by atoms with Gasteiger partial charge in [0.15, 0.2) is 0 Å². The lowest BCUT2D eigenvalue weighted by molar-refractivity contribution is -0.870. The Hall–Kier alpha value is -0.500. The zero-order valence-corrected chi connectivity index (χ0v) is 40.4. The average molecular weight is 845 g/mol. The van der Waals surface area contributed by atoms with Crippen LogP contribution in [-0.4, -0.2) is 68.5 Å². The molecule has 9 heteroatoms. The largest absolute Gasteiger partial charge is 0.756 e. The number of nitrogens with zero attached hydrogens (tertiary/aromatic N) is 1. The number of quaternary nitrogens is 1. The normalized spacial score (nSPS) is 14.1. The Morgan fingerprint density at radius 3 is 1.17 bits per heavy atom. The van der Waals surface area contributed by atoms with Gasteiger partial charge in [-0.05, 0) is 12.8 Å². The summed E-state index contributed by atoms with van der Waals surface area (Å²) in [5.74, 6) is -0.159. The van der Waals surface area contributed by atoms with Crippen LogP contribution in [0.1, 0.15) is 258 Å². The molecule has 58 heavy (non-hydrogen) atoms. The minimum Gasteiger partial charge on any atom is -0.756 e. The first-order valence-corrected chi connectivity index (χ1v) is 26.8. The third-order valence-corrected chi connectivity index (χ3v) is 12.8. The lowest BCUT2D eigenvalue weighted by Gasteiger charge is -2.30. The predicted molar refractivity (Wildman–Crippen MR) is 247 cm³/mol. The highest BCUT2D eigenvalue weighted by Gasteiger charge is 2.24. The molecule has 0 heterocycles. The number of carbonyl (C=O) groups excluding carboxylic acids is 1. The Morgan fingerprint density at radius 1 is 0.534 bits per heavy atom. The fraction of sp³-hybridized carbons (Fsp3) is 0.980. The van der Waals surface area contributed by atoms with Crippen LogP contribution in [0.3, 0.4) is 0 Å². The fourth-order valence-electron chi connectivity index (χ4n) is 7.81. The van der Waals surface area contributed by atoms with E-state index in [4.69, 9.17) is 9.05 Å². The van der Waals surface area contributed by atoms with Crippen molar-refractivity contribution < 1.29 is 32.9 Å². The summed E-state index contributed by atoms with van der Waals surface area (Å²) in [6.45, 7) is 4.75. The minimum absolute atomic E-state index is 0.0161. The Kier molecular flexibility index (Phi) is 41.5. The summed E-state index contributed by atoms with van der Waals surface area (Å²) < 4.78 is 23.3. The molecule has 0 rings (SSSR count). The first-order chi connectivity index (χ1) is 28.0. The highest BCUT2D eigenvalue weighted by Crippen LogP contribution is 2.38. The minimum atomic E-state index is -4.56. The van der Waals surface area contributed by atoms with E-state index >= 15 is 0 Å². The second-order valence-corrected chi connectivity index (χ2v) is 20.3. The van der Waals surface area contributed by atoms with Gasteiger partial charge in [-0.25, -0.2) is 0 Å². The maximum absolute atomic E-state index is 12.9. The van der Waals surface area contributed by atoms with Crippen LogP contribution >= 0.6 is 7.82 Å². The third-order valence-electron chi connectivity index (χ3n) is 11.8. The molecule has 3 atom stereocenters. The molecule has 0 aliphatic carbocycles. The van der Waals surface area contributed by atoms with Crippen LogP contribution in [0.4, 0.5) is 0 Å². The summed E-state index contributed by atoms with van der Waals surface area (Å²) >= 11 is 0. The number of hydrogen-bond acceptors (Lipinski definition) is 6. The van der Waals surface area contributed by atoms with E-state index in [1.807, 2.05) is 21.1 Å². The molecule has 0 bridgehead atoms. The second kappa shape index (κ2) is 41.8. The van der Waals surface area contributed by atoms with Crippen LogP contribution in [0.2, 0.25) is 0 Å². The van der Waals surface area contributed by atoms with Crippen LogP contribution in [0.15, 0.2) is 0 Å². The van der Waals surface area contributed by atoms with Gasteiger partial charge in [0, 0.05) is 6.42 Å². The van der Waals surface area contributed by atoms with Crippen LogP contribution in [0.5, 0.6) is 0 Å². The number of carbonyl (C=O) groups is 1. The van der Waals surface area contributed by atoms with E-state index < -0.39 is 20.0 Å². The van der Waals surface area contributed by atoms with Crippen LogP contribution in [-0.2, 0) is 18.4 Å². The average Bonchev–Trinajstić information content (AvgIpc) is 3.17. The molecule has 0 aromatic heterocycles. The van der Waals surface area contributed by atoms with Gasteiger partial charge in [0.25, 0.3) is 7.82 Å². The molecule has 0 fully saturated rings. The highest BCUT2D eigenvalue weighted by atomic mass is 31.2. The van der Waals surface area contributed by atoms with E-state index in [-0.39, 0.29) is 19.1 Å². The molecule has 348 valence electrons. The summed E-state index contributed by atoms with van der Waals surface area (Å²) in [5, 5.41) is 13.9. The lowest BCUT2D eigenvalue weighted by Crippen LogP contribution is -2.46. The number of hydrogen-bond donors (Lipinski definition) is 2. The standard InChI is InChI=1S/C49H101N2O6P/c1-6-8-10-12-14-16-18-20-21-22-23-24-25-26-27-28-29-30-31-33-35-37-39-41-43-49(53)50-47(46-57-58(54,55)56-45-44-51(3,4)5)48(52)42-40-38-36-34-32-19-17-15-13-11-9-7-2/h47-48,52H,6-46H2,1-5H3,(H-,50,53,54,55)/t47-,48+/m0/s1. The van der Waals surface area contributed by atoms with Gasteiger partial charge in [0.2, 0.25) is 5.91 Å². The molecule has 1 amide bonds. The summed E-state index contributed by atoms with van der Waals surface area (Å²) in [6, 6.07) is -0.793. The van der Waals surface area contributed by atoms with Crippen molar-refractivity contribution in [1.29, 1.82) is 0 Å². The smallest absolute Gasteiger partial charge is 0.268 e. The predicted octanol–water partition coefficient (Wildman–Crippen LogP) is 13.9. The first-order valence-electron chi connectivity index (χ1n) is 25.4. The summed E-state index contributed by atoms with van der Waals surface area (Å²) in [6.07, 6.45) is 46.9. The van der Waals surface area contributed by atoms with Gasteiger partial charge in [-0.15, -0.1) is 0 Å². The molecule has 0 aliphatic heterocycles. The number of phosphoric ester groups is 1. The van der Waals surface area contributed by atoms with Gasteiger partial charge in [0.05, 0.1) is 39.9 Å². The van der Waals surface area contributed by atoms with Crippen LogP contribution < -0.4 is 10.2 Å². The van der Waals surface area contributed by atoms with Crippen molar-refractivity contribution in [2.75, 3.05) is 40.9 Å². The quantitative estimate of drug-likeness (QED) is 0.0359. The van der Waals surface area contributed by atoms with E-state index in [0.717, 1.165) is 38.5 Å². The van der Waals surface area contributed by atoms with Gasteiger partial charge in [-0.2, -0.15) is 0 Å². The number of likely N-dealkylation sites (N-methyl/N-ethyl adjacent to an activating group) is 1. The fourth-order valence-corrected chi connectivity index (χ4v) is 8.53. The van der Waals surface area contributed by atoms with Crippen molar-refractivity contribution in [3.8, 4) is 0 Å². The van der Waals surface area contributed by atoms with E-state index in [2.05, 4.69) is 19.2 Å². The van der Waals surface area contributed by atoms with E-state index in [1.165, 1.54) is 193 Å². The molecule has 1 unspecified atom stereocenters. The molecule has 0 saturated carbocycles. The summed E-state index contributed by atoms with van der Waals surface area (Å²) in [4.78, 5) is 25.4. The molecule has 0 aromatic rings. The topological polar surface area (TPSA) is 108 Å². The van der Waals surface area contributed by atoms with E-state index in [1.54, 1.807) is 0 Å². The number of unbranched alkanes of at least 4 members (excludes halogenated alkanes) is 34. The van der Waals surface area contributed by atoms with Gasteiger partial charge in [0.1, 0.15) is 13.2 Å². The molecular formula is C49H101N2O6P. The molecule has 0 aliphatic rings. The Morgan fingerprint density at radius 2 is 0.845 bits per heavy atom. The number of nitrogens with one attached hydrogen (secondary N) is 1. The number of aliphatic hydroxyl groups is 1. The van der Waals surface area contributed by atoms with Crippen LogP contribution in [0.25, 0.3) is 0 Å². The SMILES string of the molecule is CCCCCCCCCCCCCCCCCCCCCCCCCCC(=O)N[C@@H](COP(=O)([O-])OCC[N+](C)(C)C)[C@H](O)CCCCCCCCCCCCCC. The molecule has 2 N–H and O–H groups in total. The molecule has 0 radical (unpaired) electrons. The molecule has 0 saturated heterocycles. The van der Waals surface area contributed by atoms with Crippen molar-refractivity contribution in [1.82, 2.24) is 5.32 Å². The zero-order chi connectivity index (χ0) is 42.8. The summed E-state index contributed by atoms with van der Waals surface area (Å²) in [5.41, 5.74) is 0. The third kappa shape index (κ3) is 43.6. The van der Waals surface area contributed by atoms with Crippen molar-refractivity contribution >= 4 is 13.7 Å². The second-order valence-electron chi connectivity index (χ2n) is 18.9. The van der Waals surface area contributed by atoms with E-state index in [0.29, 0.717) is 23.9 Å². The highest BCUT2D eigenvalue weighted by molar-refractivity contribution is 7.45. The van der Waals surface area contributed by atoms with Crippen molar-refractivity contribution in [3.05, 3.63) is 0 Å². The van der Waals surface area contributed by atoms with Crippen LogP contribution in [0, 0.1) is 0 Å². The Labute approximate surface area is 361 Å². The zero-order valence-electron chi connectivity index (χ0n) is 39.5. The van der Waals surface area contributed by atoms with Gasteiger partial charge < -0.3 is 28.8 Å². The van der Waals surface area contributed by atoms with Gasteiger partial charge >= 0.3 is 0 Å². The van der Waals surface area contributed by atoms with Crippen molar-refractivity contribution in [3.63, 3.8) is 0 Å². The molecule has 8 nitrogen and oxygen atoms in total. The number of phosphoric acid groups is 1. The van der Waals surface area contributed by atoms with Gasteiger partial charge in [-0.3, -0.25) is 9.36 Å². The molecule has 0 spiro atoms. The van der Waals surface area contributed by atoms with E-state index in [9.17, 15) is 19.4 Å². The Balaban J connectivity index is 4.11. The maximum atomic E-state index is 12.9. The molecule has 0 aromatic carbocycles. The van der Waals surface area contributed by atoms with Crippen molar-refractivity contribution in [2.45, 2.75) is 270 Å². The first kappa shape index (κ1) is 57.5. The van der Waals surface area contributed by atoms with Gasteiger partial charge in [-0.1, -0.05) is 239 Å². The summed E-state index contributed by atoms with van der Waals surface area (Å²) in [7, 11) is 1.32. The Bertz CT molecular complexity index is 916. The monoisotopic (exact) mass is 845 g/mol. The maximum Gasteiger partial charge on any atom is 0.268 e. The number of rotatable bonds is 47. The number of amides is 1. The lowest BCUT2D eigenvalue weighted by atomic mass is 10.0. The molecular weight excluding hydrogens is 744 g/mol. The number of aliphatic hydroxyl groups excluding tert-OH is 1. The van der Waals surface area contributed by atoms with Crippen molar-refractivity contribution in [2.24, 2.45) is 0 Å².